The molecule has 0 spiro atoms. The summed E-state index contributed by atoms with van der Waals surface area (Å²) in [5.41, 5.74) is 7.55. The molecule has 1 aliphatic heterocycles. The minimum absolute atomic E-state index is 0.180. The normalized spacial score (nSPS) is 19.0. The molecule has 0 aromatic heterocycles. The summed E-state index contributed by atoms with van der Waals surface area (Å²) in [7, 11) is 1.36. The fourth-order valence-corrected chi connectivity index (χ4v) is 2.30. The van der Waals surface area contributed by atoms with E-state index in [9.17, 15) is 4.79 Å². The number of nitrogen functional groups attached to an aromatic ring is 1. The van der Waals surface area contributed by atoms with Gasteiger partial charge in [0, 0.05) is 31.3 Å². The first-order valence-electron chi connectivity index (χ1n) is 5.99. The van der Waals surface area contributed by atoms with Crippen molar-refractivity contribution in [3.05, 3.63) is 23.8 Å². The van der Waals surface area contributed by atoms with Crippen LogP contribution in [0.3, 0.4) is 0 Å². The molecule has 1 saturated heterocycles. The van der Waals surface area contributed by atoms with E-state index in [1.165, 1.54) is 7.11 Å². The van der Waals surface area contributed by atoms with Crippen molar-refractivity contribution in [3.63, 3.8) is 0 Å². The second-order valence-electron chi connectivity index (χ2n) is 4.55. The van der Waals surface area contributed by atoms with Crippen LogP contribution in [0.25, 0.3) is 0 Å². The maximum Gasteiger partial charge on any atom is 0.340 e. The summed E-state index contributed by atoms with van der Waals surface area (Å²) in [6, 6.07) is 5.24. The molecule has 2 rings (SSSR count). The van der Waals surface area contributed by atoms with E-state index in [4.69, 9.17) is 15.6 Å². The summed E-state index contributed by atoms with van der Waals surface area (Å²) >= 11 is 0. The Kier molecular flexibility index (Phi) is 3.72. The Morgan fingerprint density at radius 3 is 3.00 bits per heavy atom. The van der Waals surface area contributed by atoms with Crippen LogP contribution in [0.5, 0.6) is 0 Å². The lowest BCUT2D eigenvalue weighted by molar-refractivity contribution is 0.0601. The molecule has 3 N–H and O–H groups in total. The SMILES string of the molecule is COC(=O)c1cc(N)ccc1N1CCC(CO)C1. The molecular formula is C13H18N2O3. The largest absolute Gasteiger partial charge is 0.465 e. The molecule has 5 nitrogen and oxygen atoms in total. The predicted molar refractivity (Wildman–Crippen MR) is 69.6 cm³/mol. The van der Waals surface area contributed by atoms with Gasteiger partial charge in [-0.05, 0) is 24.6 Å². The smallest absolute Gasteiger partial charge is 0.340 e. The molecule has 0 radical (unpaired) electrons. The van der Waals surface area contributed by atoms with Crippen LogP contribution in [-0.2, 0) is 4.74 Å². The molecule has 1 atom stereocenters. The molecule has 1 aromatic rings. The molecular weight excluding hydrogens is 232 g/mol. The minimum Gasteiger partial charge on any atom is -0.465 e. The number of carbonyl (C=O) groups excluding carboxylic acids is 1. The average molecular weight is 250 g/mol. The van der Waals surface area contributed by atoms with Crippen molar-refractivity contribution in [1.29, 1.82) is 0 Å². The fraction of sp³-hybridized carbons (Fsp3) is 0.462. The van der Waals surface area contributed by atoms with Gasteiger partial charge in [0.1, 0.15) is 0 Å². The van der Waals surface area contributed by atoms with E-state index in [0.717, 1.165) is 25.2 Å². The average Bonchev–Trinajstić information content (AvgIpc) is 2.86. The van der Waals surface area contributed by atoms with E-state index >= 15 is 0 Å². The van der Waals surface area contributed by atoms with Gasteiger partial charge in [-0.2, -0.15) is 0 Å². The maximum atomic E-state index is 11.7. The summed E-state index contributed by atoms with van der Waals surface area (Å²) < 4.78 is 4.77. The van der Waals surface area contributed by atoms with Gasteiger partial charge in [0.05, 0.1) is 18.4 Å². The van der Waals surface area contributed by atoms with E-state index in [1.807, 2.05) is 6.07 Å². The third-order valence-corrected chi connectivity index (χ3v) is 3.31. The first-order chi connectivity index (χ1) is 8.65. The van der Waals surface area contributed by atoms with Crippen molar-refractivity contribution in [2.24, 2.45) is 5.92 Å². The standard InChI is InChI=1S/C13H18N2O3/c1-18-13(17)11-6-10(14)2-3-12(11)15-5-4-9(7-15)8-16/h2-3,6,9,16H,4-5,7-8,14H2,1H3. The summed E-state index contributed by atoms with van der Waals surface area (Å²) in [6.07, 6.45) is 0.932. The van der Waals surface area contributed by atoms with Gasteiger partial charge in [0.2, 0.25) is 0 Å². The van der Waals surface area contributed by atoms with Crippen LogP contribution in [0, 0.1) is 5.92 Å². The zero-order valence-electron chi connectivity index (χ0n) is 10.4. The molecule has 0 amide bonds. The lowest BCUT2D eigenvalue weighted by Crippen LogP contribution is -2.23. The zero-order chi connectivity index (χ0) is 13.1. The number of anilines is 2. The third-order valence-electron chi connectivity index (χ3n) is 3.31. The summed E-state index contributed by atoms with van der Waals surface area (Å²) in [5, 5.41) is 9.16. The number of nitrogens with two attached hydrogens (primary N) is 1. The van der Waals surface area contributed by atoms with Gasteiger partial charge in [0.25, 0.3) is 0 Å². The number of esters is 1. The zero-order valence-corrected chi connectivity index (χ0v) is 10.4. The van der Waals surface area contributed by atoms with Crippen LogP contribution in [0.2, 0.25) is 0 Å². The molecule has 0 saturated carbocycles. The molecule has 1 heterocycles. The van der Waals surface area contributed by atoms with Gasteiger partial charge in [-0.1, -0.05) is 0 Å². The number of carbonyl (C=O) groups is 1. The Labute approximate surface area is 106 Å². The van der Waals surface area contributed by atoms with Crippen molar-refractivity contribution in [2.75, 3.05) is 37.4 Å². The predicted octanol–water partition coefficient (Wildman–Crippen LogP) is 0.874. The highest BCUT2D eigenvalue weighted by Gasteiger charge is 2.25. The quantitative estimate of drug-likeness (QED) is 0.615. The first kappa shape index (κ1) is 12.7. The van der Waals surface area contributed by atoms with E-state index in [2.05, 4.69) is 4.90 Å². The van der Waals surface area contributed by atoms with Crippen molar-refractivity contribution in [2.45, 2.75) is 6.42 Å². The Morgan fingerprint density at radius 2 is 2.39 bits per heavy atom. The van der Waals surface area contributed by atoms with E-state index < -0.39 is 0 Å². The molecule has 5 heteroatoms. The van der Waals surface area contributed by atoms with Crippen LogP contribution < -0.4 is 10.6 Å². The van der Waals surface area contributed by atoms with Crippen LogP contribution in [0.4, 0.5) is 11.4 Å². The van der Waals surface area contributed by atoms with Gasteiger partial charge in [-0.15, -0.1) is 0 Å². The van der Waals surface area contributed by atoms with Crippen LogP contribution in [0.15, 0.2) is 18.2 Å². The van der Waals surface area contributed by atoms with E-state index in [1.54, 1.807) is 12.1 Å². The Balaban J connectivity index is 2.30. The van der Waals surface area contributed by atoms with Gasteiger partial charge >= 0.3 is 5.97 Å². The van der Waals surface area contributed by atoms with Crippen molar-refractivity contribution < 1.29 is 14.6 Å². The number of methoxy groups -OCH3 is 1. The molecule has 0 bridgehead atoms. The minimum atomic E-state index is -0.384. The number of aliphatic hydroxyl groups excluding tert-OH is 1. The highest BCUT2D eigenvalue weighted by Crippen LogP contribution is 2.29. The number of ether oxygens (including phenoxy) is 1. The molecule has 1 unspecified atom stereocenters. The van der Waals surface area contributed by atoms with Gasteiger partial charge < -0.3 is 20.5 Å². The molecule has 0 aliphatic carbocycles. The van der Waals surface area contributed by atoms with Gasteiger partial charge in [-0.25, -0.2) is 4.79 Å². The van der Waals surface area contributed by atoms with Crippen LogP contribution >= 0.6 is 0 Å². The van der Waals surface area contributed by atoms with Crippen molar-refractivity contribution in [3.8, 4) is 0 Å². The number of benzene rings is 1. The lowest BCUT2D eigenvalue weighted by Gasteiger charge is -2.21. The Bertz CT molecular complexity index is 448. The summed E-state index contributed by atoms with van der Waals surface area (Å²) in [4.78, 5) is 13.8. The molecule has 1 aromatic carbocycles. The summed E-state index contributed by atoms with van der Waals surface area (Å²) in [5.74, 6) is -0.113. The van der Waals surface area contributed by atoms with E-state index in [-0.39, 0.29) is 18.5 Å². The molecule has 1 aliphatic rings. The first-order valence-corrected chi connectivity index (χ1v) is 5.99. The highest BCUT2D eigenvalue weighted by atomic mass is 16.5. The second-order valence-corrected chi connectivity index (χ2v) is 4.55. The number of nitrogens with zero attached hydrogens (tertiary/aromatic N) is 1. The summed E-state index contributed by atoms with van der Waals surface area (Å²) in [6.45, 7) is 1.77. The number of hydrogen-bond acceptors (Lipinski definition) is 5. The molecule has 18 heavy (non-hydrogen) atoms. The van der Waals surface area contributed by atoms with E-state index in [0.29, 0.717) is 11.3 Å². The van der Waals surface area contributed by atoms with Crippen LogP contribution in [-0.4, -0.2) is 37.9 Å². The van der Waals surface area contributed by atoms with Crippen molar-refractivity contribution >= 4 is 17.3 Å². The number of aliphatic hydroxyl groups is 1. The fourth-order valence-electron chi connectivity index (χ4n) is 2.30. The van der Waals surface area contributed by atoms with Crippen LogP contribution in [0.1, 0.15) is 16.8 Å². The monoisotopic (exact) mass is 250 g/mol. The second kappa shape index (κ2) is 5.27. The molecule has 98 valence electrons. The van der Waals surface area contributed by atoms with Gasteiger partial charge in [0.15, 0.2) is 0 Å². The van der Waals surface area contributed by atoms with Gasteiger partial charge in [-0.3, -0.25) is 0 Å². The Morgan fingerprint density at radius 1 is 1.61 bits per heavy atom. The lowest BCUT2D eigenvalue weighted by atomic mass is 10.1. The maximum absolute atomic E-state index is 11.7. The third kappa shape index (κ3) is 2.41. The van der Waals surface area contributed by atoms with Crippen molar-refractivity contribution in [1.82, 2.24) is 0 Å². The molecule has 1 fully saturated rings. The topological polar surface area (TPSA) is 75.8 Å². The number of hydrogen-bond donors (Lipinski definition) is 2. The Hall–Kier alpha value is -1.75. The highest BCUT2D eigenvalue weighted by molar-refractivity contribution is 5.97. The number of rotatable bonds is 3.